The molecule has 2 aromatic carbocycles. The molecule has 1 N–H and O–H groups in total. The van der Waals surface area contributed by atoms with Gasteiger partial charge in [-0.3, -0.25) is 0 Å². The van der Waals surface area contributed by atoms with Crippen LogP contribution in [0.1, 0.15) is 24.5 Å². The lowest BCUT2D eigenvalue weighted by Gasteiger charge is -2.15. The Kier molecular flexibility index (Phi) is 10.7. The summed E-state index contributed by atoms with van der Waals surface area (Å²) in [5.74, 6) is 1.57. The van der Waals surface area contributed by atoms with Crippen molar-refractivity contribution in [1.82, 2.24) is 5.32 Å². The van der Waals surface area contributed by atoms with Gasteiger partial charge in [0.15, 0.2) is 11.5 Å². The summed E-state index contributed by atoms with van der Waals surface area (Å²) in [7, 11) is 1.67. The van der Waals surface area contributed by atoms with Crippen LogP contribution in [0.3, 0.4) is 0 Å². The number of halogens is 1. The molecule has 0 bridgehead atoms. The Morgan fingerprint density at radius 1 is 1.00 bits per heavy atom. The van der Waals surface area contributed by atoms with Gasteiger partial charge in [0.1, 0.15) is 6.61 Å². The number of benzene rings is 2. The van der Waals surface area contributed by atoms with Crippen LogP contribution >= 0.6 is 12.4 Å². The minimum absolute atomic E-state index is 0. The van der Waals surface area contributed by atoms with Crippen molar-refractivity contribution in [3.8, 4) is 11.5 Å². The molecule has 25 heavy (non-hydrogen) atoms. The van der Waals surface area contributed by atoms with E-state index < -0.39 is 0 Å². The van der Waals surface area contributed by atoms with Gasteiger partial charge in [-0.15, -0.1) is 12.4 Å². The summed E-state index contributed by atoms with van der Waals surface area (Å²) in [6, 6.07) is 16.1. The van der Waals surface area contributed by atoms with E-state index >= 15 is 0 Å². The highest BCUT2D eigenvalue weighted by Gasteiger charge is 2.10. The first-order valence-electron chi connectivity index (χ1n) is 8.46. The number of nitrogens with one attached hydrogen (secondary N) is 1. The molecule has 0 aliphatic carbocycles. The minimum Gasteiger partial charge on any atom is -0.493 e. The highest BCUT2D eigenvalue weighted by molar-refractivity contribution is 5.85. The predicted molar refractivity (Wildman–Crippen MR) is 104 cm³/mol. The summed E-state index contributed by atoms with van der Waals surface area (Å²) in [6.07, 6.45) is 0.998. The standard InChI is InChI=1S/C20H27NO3.ClH/c1-3-23-14-8-13-21-15-18-11-7-12-19(22-2)20(18)24-16-17-9-5-4-6-10-17;/h4-7,9-12,21H,3,8,13-16H2,1-2H3;1H. The quantitative estimate of drug-likeness (QED) is 0.605. The summed E-state index contributed by atoms with van der Waals surface area (Å²) in [5.41, 5.74) is 2.24. The third-order valence-electron chi connectivity index (χ3n) is 3.67. The average Bonchev–Trinajstić information content (AvgIpc) is 2.64. The van der Waals surface area contributed by atoms with Crippen LogP contribution in [-0.2, 0) is 17.9 Å². The van der Waals surface area contributed by atoms with Crippen molar-refractivity contribution in [2.24, 2.45) is 0 Å². The Morgan fingerprint density at radius 3 is 2.52 bits per heavy atom. The Balaban J connectivity index is 0.00000312. The number of ether oxygens (including phenoxy) is 3. The fourth-order valence-electron chi connectivity index (χ4n) is 2.42. The highest BCUT2D eigenvalue weighted by Crippen LogP contribution is 2.31. The van der Waals surface area contributed by atoms with Crippen molar-refractivity contribution in [2.75, 3.05) is 26.9 Å². The molecule has 138 valence electrons. The van der Waals surface area contributed by atoms with Gasteiger partial charge in [-0.1, -0.05) is 42.5 Å². The molecule has 2 aromatic rings. The van der Waals surface area contributed by atoms with Crippen LogP contribution in [-0.4, -0.2) is 26.9 Å². The fraction of sp³-hybridized carbons (Fsp3) is 0.400. The molecule has 0 atom stereocenters. The zero-order valence-corrected chi connectivity index (χ0v) is 15.8. The number of hydrogen-bond donors (Lipinski definition) is 1. The number of para-hydroxylation sites is 1. The molecule has 0 amide bonds. The minimum atomic E-state index is 0. The van der Waals surface area contributed by atoms with Crippen LogP contribution in [0.5, 0.6) is 11.5 Å². The molecule has 0 aromatic heterocycles. The van der Waals surface area contributed by atoms with Gasteiger partial charge in [-0.2, -0.15) is 0 Å². The third kappa shape index (κ3) is 7.34. The maximum atomic E-state index is 6.05. The largest absolute Gasteiger partial charge is 0.493 e. The van der Waals surface area contributed by atoms with E-state index in [1.807, 2.05) is 37.3 Å². The fourth-order valence-corrected chi connectivity index (χ4v) is 2.42. The normalized spacial score (nSPS) is 10.2. The molecule has 4 nitrogen and oxygen atoms in total. The molecular weight excluding hydrogens is 338 g/mol. The molecule has 5 heteroatoms. The van der Waals surface area contributed by atoms with Crippen LogP contribution < -0.4 is 14.8 Å². The second kappa shape index (κ2) is 12.6. The topological polar surface area (TPSA) is 39.7 Å². The molecule has 0 unspecified atom stereocenters. The van der Waals surface area contributed by atoms with E-state index in [-0.39, 0.29) is 12.4 Å². The summed E-state index contributed by atoms with van der Waals surface area (Å²) in [4.78, 5) is 0. The summed E-state index contributed by atoms with van der Waals surface area (Å²) in [5, 5.41) is 3.43. The lowest BCUT2D eigenvalue weighted by molar-refractivity contribution is 0.144. The number of rotatable bonds is 11. The molecule has 0 aliphatic rings. The first-order valence-corrected chi connectivity index (χ1v) is 8.46. The second-order valence-corrected chi connectivity index (χ2v) is 5.45. The highest BCUT2D eigenvalue weighted by atomic mass is 35.5. The molecule has 2 rings (SSSR count). The maximum Gasteiger partial charge on any atom is 0.166 e. The van der Waals surface area contributed by atoms with Gasteiger partial charge in [-0.25, -0.2) is 0 Å². The van der Waals surface area contributed by atoms with Gasteiger partial charge in [0.05, 0.1) is 7.11 Å². The summed E-state index contributed by atoms with van der Waals surface area (Å²) in [6.45, 7) is 5.76. The lowest BCUT2D eigenvalue weighted by Crippen LogP contribution is -2.17. The molecule has 0 saturated heterocycles. The predicted octanol–water partition coefficient (Wildman–Crippen LogP) is 4.21. The first-order chi connectivity index (χ1) is 11.8. The van der Waals surface area contributed by atoms with E-state index in [4.69, 9.17) is 14.2 Å². The summed E-state index contributed by atoms with van der Waals surface area (Å²) < 4.78 is 16.9. The monoisotopic (exact) mass is 365 g/mol. The van der Waals surface area contributed by atoms with Gasteiger partial charge in [-0.05, 0) is 31.5 Å². The van der Waals surface area contributed by atoms with Crippen LogP contribution in [0, 0.1) is 0 Å². The molecule has 0 radical (unpaired) electrons. The SMILES string of the molecule is CCOCCCNCc1cccc(OC)c1OCc1ccccc1.Cl. The van der Waals surface area contributed by atoms with E-state index in [0.717, 1.165) is 55.4 Å². The molecule has 0 fully saturated rings. The first kappa shape index (κ1) is 21.3. The molecule has 0 heterocycles. The van der Waals surface area contributed by atoms with Crippen molar-refractivity contribution >= 4 is 12.4 Å². The van der Waals surface area contributed by atoms with Crippen molar-refractivity contribution in [3.05, 3.63) is 59.7 Å². The van der Waals surface area contributed by atoms with Gasteiger partial charge >= 0.3 is 0 Å². The molecule has 0 aliphatic heterocycles. The maximum absolute atomic E-state index is 6.05. The zero-order chi connectivity index (χ0) is 17.0. The van der Waals surface area contributed by atoms with Gasteiger partial charge in [0.25, 0.3) is 0 Å². The third-order valence-corrected chi connectivity index (χ3v) is 3.67. The summed E-state index contributed by atoms with van der Waals surface area (Å²) >= 11 is 0. The van der Waals surface area contributed by atoms with Crippen molar-refractivity contribution in [1.29, 1.82) is 0 Å². The van der Waals surface area contributed by atoms with E-state index in [1.54, 1.807) is 7.11 Å². The Bertz CT molecular complexity index is 593. The van der Waals surface area contributed by atoms with E-state index in [9.17, 15) is 0 Å². The van der Waals surface area contributed by atoms with E-state index in [2.05, 4.69) is 23.5 Å². The van der Waals surface area contributed by atoms with Crippen molar-refractivity contribution < 1.29 is 14.2 Å². The van der Waals surface area contributed by atoms with Crippen LogP contribution in [0.2, 0.25) is 0 Å². The molecule has 0 saturated carbocycles. The van der Waals surface area contributed by atoms with Gasteiger partial charge < -0.3 is 19.5 Å². The molecular formula is C20H28ClNO3. The smallest absolute Gasteiger partial charge is 0.166 e. The van der Waals surface area contributed by atoms with Crippen molar-refractivity contribution in [2.45, 2.75) is 26.5 Å². The van der Waals surface area contributed by atoms with Crippen LogP contribution in [0.25, 0.3) is 0 Å². The zero-order valence-electron chi connectivity index (χ0n) is 15.0. The van der Waals surface area contributed by atoms with Crippen molar-refractivity contribution in [3.63, 3.8) is 0 Å². The van der Waals surface area contributed by atoms with E-state index in [1.165, 1.54) is 0 Å². The average molecular weight is 366 g/mol. The number of methoxy groups -OCH3 is 1. The van der Waals surface area contributed by atoms with Crippen LogP contribution in [0.15, 0.2) is 48.5 Å². The Hall–Kier alpha value is -1.75. The number of hydrogen-bond acceptors (Lipinski definition) is 4. The Labute approximate surface area is 156 Å². The second-order valence-electron chi connectivity index (χ2n) is 5.45. The van der Waals surface area contributed by atoms with Gasteiger partial charge in [0, 0.05) is 25.3 Å². The Morgan fingerprint density at radius 2 is 1.80 bits per heavy atom. The van der Waals surface area contributed by atoms with E-state index in [0.29, 0.717) is 6.61 Å². The molecule has 0 spiro atoms. The lowest BCUT2D eigenvalue weighted by atomic mass is 10.1. The van der Waals surface area contributed by atoms with Crippen LogP contribution in [0.4, 0.5) is 0 Å². The van der Waals surface area contributed by atoms with Gasteiger partial charge in [0.2, 0.25) is 0 Å².